The molecule has 0 saturated heterocycles. The number of hydrogen-bond acceptors (Lipinski definition) is 5. The summed E-state index contributed by atoms with van der Waals surface area (Å²) in [6.07, 6.45) is 0.371. The number of benzene rings is 3. The molecule has 0 radical (unpaired) electrons. The third kappa shape index (κ3) is 2.67. The van der Waals surface area contributed by atoms with Crippen LogP contribution in [-0.4, -0.2) is 22.9 Å². The van der Waals surface area contributed by atoms with Crippen LogP contribution in [0.2, 0.25) is 0 Å². The van der Waals surface area contributed by atoms with Crippen LogP contribution in [0.25, 0.3) is 0 Å². The fourth-order valence-electron chi connectivity index (χ4n) is 3.91. The molecule has 28 heavy (non-hydrogen) atoms. The SMILES string of the molecule is COc1ccc(O)c(C2=NN3[C@H](C2)c2ccccc2O[C@@H]3c2ccccc2)c1. The van der Waals surface area contributed by atoms with E-state index in [1.165, 1.54) is 0 Å². The van der Waals surface area contributed by atoms with Crippen LogP contribution < -0.4 is 9.47 Å². The number of para-hydroxylation sites is 1. The molecule has 3 aromatic rings. The number of fused-ring (bicyclic) bond motifs is 3. The predicted molar refractivity (Wildman–Crippen MR) is 107 cm³/mol. The molecule has 0 aliphatic carbocycles. The highest BCUT2D eigenvalue weighted by molar-refractivity contribution is 6.04. The molecule has 0 saturated carbocycles. The lowest BCUT2D eigenvalue weighted by atomic mass is 9.95. The molecule has 1 N–H and O–H groups in total. The van der Waals surface area contributed by atoms with Gasteiger partial charge in [0.05, 0.1) is 18.9 Å². The lowest BCUT2D eigenvalue weighted by molar-refractivity contribution is -0.0190. The van der Waals surface area contributed by atoms with Crippen molar-refractivity contribution in [1.82, 2.24) is 5.01 Å². The fraction of sp³-hybridized carbons (Fsp3) is 0.174. The maximum atomic E-state index is 10.4. The summed E-state index contributed by atoms with van der Waals surface area (Å²) in [5.74, 6) is 1.77. The van der Waals surface area contributed by atoms with Crippen molar-refractivity contribution in [2.45, 2.75) is 18.7 Å². The Morgan fingerprint density at radius 2 is 1.82 bits per heavy atom. The first-order chi connectivity index (χ1) is 13.7. The standard InChI is InChI=1S/C23H20N2O3/c1-27-16-11-12-21(26)18(13-16)19-14-20-17-9-5-6-10-22(17)28-23(25(20)24-19)15-7-3-2-4-8-15/h2-13,20,23,26H,14H2,1H3/t20-,23-/m1/s1. The Balaban J connectivity index is 1.61. The first kappa shape index (κ1) is 16.7. The molecule has 0 unspecified atom stereocenters. The quantitative estimate of drug-likeness (QED) is 0.728. The molecule has 0 fully saturated rings. The molecule has 2 atom stereocenters. The van der Waals surface area contributed by atoms with Crippen LogP contribution in [0.5, 0.6) is 17.2 Å². The maximum Gasteiger partial charge on any atom is 0.213 e. The number of phenols is 1. The molecule has 0 spiro atoms. The van der Waals surface area contributed by atoms with Gasteiger partial charge in [-0.25, -0.2) is 5.01 Å². The van der Waals surface area contributed by atoms with Crippen LogP contribution >= 0.6 is 0 Å². The largest absolute Gasteiger partial charge is 0.507 e. The van der Waals surface area contributed by atoms with E-state index in [0.29, 0.717) is 17.7 Å². The molecule has 140 valence electrons. The van der Waals surface area contributed by atoms with Gasteiger partial charge in [0.1, 0.15) is 17.2 Å². The number of methoxy groups -OCH3 is 1. The number of ether oxygens (including phenoxy) is 2. The van der Waals surface area contributed by atoms with E-state index < -0.39 is 0 Å². The van der Waals surface area contributed by atoms with Crippen LogP contribution in [0.4, 0.5) is 0 Å². The summed E-state index contributed by atoms with van der Waals surface area (Å²) in [6, 6.07) is 23.5. The predicted octanol–water partition coefficient (Wildman–Crippen LogP) is 4.64. The van der Waals surface area contributed by atoms with Crippen molar-refractivity contribution in [3.8, 4) is 17.2 Å². The second-order valence-corrected chi connectivity index (χ2v) is 6.95. The van der Waals surface area contributed by atoms with Gasteiger partial charge in [-0.05, 0) is 24.3 Å². The average Bonchev–Trinajstić information content (AvgIpc) is 3.19. The highest BCUT2D eigenvalue weighted by atomic mass is 16.5. The Hall–Kier alpha value is -3.47. The first-order valence-corrected chi connectivity index (χ1v) is 9.28. The number of rotatable bonds is 3. The van der Waals surface area contributed by atoms with Gasteiger partial charge >= 0.3 is 0 Å². The molecule has 2 heterocycles. The molecule has 0 aromatic heterocycles. The number of nitrogens with zero attached hydrogens (tertiary/aromatic N) is 2. The topological polar surface area (TPSA) is 54.3 Å². The van der Waals surface area contributed by atoms with Crippen molar-refractivity contribution >= 4 is 5.71 Å². The van der Waals surface area contributed by atoms with Gasteiger partial charge in [0, 0.05) is 23.1 Å². The van der Waals surface area contributed by atoms with E-state index in [1.807, 2.05) is 59.6 Å². The Morgan fingerprint density at radius 1 is 1.04 bits per heavy atom. The summed E-state index contributed by atoms with van der Waals surface area (Å²) in [5, 5.41) is 17.3. The van der Waals surface area contributed by atoms with Crippen molar-refractivity contribution in [2.75, 3.05) is 7.11 Å². The maximum absolute atomic E-state index is 10.4. The van der Waals surface area contributed by atoms with Gasteiger partial charge in [0.25, 0.3) is 0 Å². The van der Waals surface area contributed by atoms with Gasteiger partial charge in [-0.1, -0.05) is 48.5 Å². The highest BCUT2D eigenvalue weighted by Gasteiger charge is 2.41. The lowest BCUT2D eigenvalue weighted by Crippen LogP contribution is -2.33. The summed E-state index contributed by atoms with van der Waals surface area (Å²) < 4.78 is 11.7. The summed E-state index contributed by atoms with van der Waals surface area (Å²) in [6.45, 7) is 0. The molecule has 5 rings (SSSR count). The Bertz CT molecular complexity index is 1050. The van der Waals surface area contributed by atoms with Crippen LogP contribution in [0.15, 0.2) is 77.9 Å². The zero-order valence-corrected chi connectivity index (χ0v) is 15.4. The van der Waals surface area contributed by atoms with Gasteiger partial charge in [0.15, 0.2) is 0 Å². The van der Waals surface area contributed by atoms with Crippen molar-refractivity contribution in [2.24, 2.45) is 5.10 Å². The minimum absolute atomic E-state index is 0.0516. The summed E-state index contributed by atoms with van der Waals surface area (Å²) in [5.41, 5.74) is 3.67. The smallest absolute Gasteiger partial charge is 0.213 e. The molecule has 3 aromatic carbocycles. The summed E-state index contributed by atoms with van der Waals surface area (Å²) >= 11 is 0. The summed E-state index contributed by atoms with van der Waals surface area (Å²) in [4.78, 5) is 0. The monoisotopic (exact) mass is 372 g/mol. The van der Waals surface area contributed by atoms with E-state index in [9.17, 15) is 5.11 Å². The highest BCUT2D eigenvalue weighted by Crippen LogP contribution is 2.47. The number of phenolic OH excluding ortho intramolecular Hbond substituents is 1. The van der Waals surface area contributed by atoms with Crippen molar-refractivity contribution in [1.29, 1.82) is 0 Å². The van der Waals surface area contributed by atoms with E-state index in [-0.39, 0.29) is 18.0 Å². The van der Waals surface area contributed by atoms with E-state index in [2.05, 4.69) is 6.07 Å². The lowest BCUT2D eigenvalue weighted by Gasteiger charge is -2.38. The van der Waals surface area contributed by atoms with E-state index in [4.69, 9.17) is 14.6 Å². The van der Waals surface area contributed by atoms with Crippen LogP contribution in [0, 0.1) is 0 Å². The third-order valence-electron chi connectivity index (χ3n) is 5.30. The van der Waals surface area contributed by atoms with E-state index in [0.717, 1.165) is 22.6 Å². The average molecular weight is 372 g/mol. The Labute approximate surface area is 163 Å². The molecule has 2 aliphatic heterocycles. The van der Waals surface area contributed by atoms with Crippen LogP contribution in [0.1, 0.15) is 35.4 Å². The molecule has 2 aliphatic rings. The normalized spacial score (nSPS) is 20.0. The van der Waals surface area contributed by atoms with Crippen LogP contribution in [-0.2, 0) is 0 Å². The number of hydrogen-bond donors (Lipinski definition) is 1. The van der Waals surface area contributed by atoms with Gasteiger partial charge in [-0.3, -0.25) is 0 Å². The fourth-order valence-corrected chi connectivity index (χ4v) is 3.91. The molecule has 5 heteroatoms. The second kappa shape index (κ2) is 6.60. The third-order valence-corrected chi connectivity index (χ3v) is 5.30. The zero-order valence-electron chi connectivity index (χ0n) is 15.4. The Kier molecular flexibility index (Phi) is 3.93. The van der Waals surface area contributed by atoms with Crippen molar-refractivity contribution < 1.29 is 14.6 Å². The molecular weight excluding hydrogens is 352 g/mol. The van der Waals surface area contributed by atoms with Crippen LogP contribution in [0.3, 0.4) is 0 Å². The first-order valence-electron chi connectivity index (χ1n) is 9.28. The van der Waals surface area contributed by atoms with Gasteiger partial charge in [-0.2, -0.15) is 5.10 Å². The molecule has 0 amide bonds. The summed E-state index contributed by atoms with van der Waals surface area (Å²) in [7, 11) is 1.62. The minimum Gasteiger partial charge on any atom is -0.507 e. The van der Waals surface area contributed by atoms with Crippen molar-refractivity contribution in [3.05, 3.63) is 89.5 Å². The van der Waals surface area contributed by atoms with Gasteiger partial charge in [0.2, 0.25) is 6.23 Å². The molecular formula is C23H20N2O3. The van der Waals surface area contributed by atoms with E-state index >= 15 is 0 Å². The minimum atomic E-state index is -0.314. The number of hydrazone groups is 1. The second-order valence-electron chi connectivity index (χ2n) is 6.95. The zero-order chi connectivity index (χ0) is 19.1. The molecule has 0 bridgehead atoms. The van der Waals surface area contributed by atoms with Gasteiger partial charge in [-0.15, -0.1) is 0 Å². The van der Waals surface area contributed by atoms with Gasteiger partial charge < -0.3 is 14.6 Å². The van der Waals surface area contributed by atoms with Crippen molar-refractivity contribution in [3.63, 3.8) is 0 Å². The number of aromatic hydroxyl groups is 1. The molecule has 5 nitrogen and oxygen atoms in total. The Morgan fingerprint density at radius 3 is 2.64 bits per heavy atom. The van der Waals surface area contributed by atoms with E-state index in [1.54, 1.807) is 19.2 Å².